The van der Waals surface area contributed by atoms with E-state index in [0.29, 0.717) is 12.0 Å². The Kier molecular flexibility index (Phi) is 2.58. The van der Waals surface area contributed by atoms with Gasteiger partial charge in [0, 0.05) is 19.1 Å². The van der Waals surface area contributed by atoms with Crippen molar-refractivity contribution in [2.24, 2.45) is 4.99 Å². The number of amides is 1. The van der Waals surface area contributed by atoms with Crippen LogP contribution in [0.15, 0.2) is 4.99 Å². The van der Waals surface area contributed by atoms with E-state index in [1.807, 2.05) is 0 Å². The maximum Gasteiger partial charge on any atom is 0.254 e. The van der Waals surface area contributed by atoms with Crippen molar-refractivity contribution in [1.29, 1.82) is 0 Å². The number of nitrogens with zero attached hydrogens (tertiary/aromatic N) is 2. The van der Waals surface area contributed by atoms with Gasteiger partial charge >= 0.3 is 0 Å². The molecule has 0 saturated carbocycles. The monoisotopic (exact) mass is 236 g/mol. The smallest absolute Gasteiger partial charge is 0.254 e. The predicted molar refractivity (Wildman–Crippen MR) is 65.8 cm³/mol. The molecule has 94 valence electrons. The van der Waals surface area contributed by atoms with Crippen LogP contribution in [-0.2, 0) is 4.79 Å². The lowest BCUT2D eigenvalue weighted by Gasteiger charge is -2.28. The zero-order valence-electron chi connectivity index (χ0n) is 10.3. The molecule has 0 aromatic rings. The summed E-state index contributed by atoms with van der Waals surface area (Å²) in [6.45, 7) is 5.03. The van der Waals surface area contributed by atoms with Gasteiger partial charge in [-0.25, -0.2) is 0 Å². The second-order valence-corrected chi connectivity index (χ2v) is 5.22. The summed E-state index contributed by atoms with van der Waals surface area (Å²) in [4.78, 5) is 19.1. The third kappa shape index (κ3) is 1.56. The van der Waals surface area contributed by atoms with E-state index in [1.165, 1.54) is 6.42 Å². The van der Waals surface area contributed by atoms with Gasteiger partial charge in [-0.05, 0) is 32.2 Å². The Morgan fingerprint density at radius 2 is 2.41 bits per heavy atom. The summed E-state index contributed by atoms with van der Waals surface area (Å²) >= 11 is 0. The molecule has 3 aliphatic rings. The predicted octanol–water partition coefficient (Wildman–Crippen LogP) is 0.0787. The summed E-state index contributed by atoms with van der Waals surface area (Å²) in [5.74, 6) is 0.812. The molecule has 3 saturated heterocycles. The van der Waals surface area contributed by atoms with Crippen molar-refractivity contribution < 1.29 is 4.79 Å². The first-order chi connectivity index (χ1) is 8.26. The first kappa shape index (κ1) is 11.0. The highest BCUT2D eigenvalue weighted by Crippen LogP contribution is 2.37. The average molecular weight is 236 g/mol. The van der Waals surface area contributed by atoms with E-state index in [0.717, 1.165) is 38.9 Å². The summed E-state index contributed by atoms with van der Waals surface area (Å²) in [5, 5.41) is 6.28. The Hall–Kier alpha value is -1.10. The lowest BCUT2D eigenvalue weighted by Crippen LogP contribution is -2.54. The van der Waals surface area contributed by atoms with Gasteiger partial charge in [0.05, 0.1) is 0 Å². The van der Waals surface area contributed by atoms with E-state index in [4.69, 9.17) is 0 Å². The molecule has 2 unspecified atom stereocenters. The lowest BCUT2D eigenvalue weighted by molar-refractivity contribution is -0.124. The van der Waals surface area contributed by atoms with Crippen LogP contribution in [0.3, 0.4) is 0 Å². The number of carbonyl (C=O) groups excluding carboxylic acids is 1. The molecule has 1 spiro atoms. The summed E-state index contributed by atoms with van der Waals surface area (Å²) in [6, 6.07) is 0.372. The van der Waals surface area contributed by atoms with Crippen LogP contribution in [0.5, 0.6) is 0 Å². The molecule has 3 aliphatic heterocycles. The van der Waals surface area contributed by atoms with E-state index >= 15 is 0 Å². The van der Waals surface area contributed by atoms with Gasteiger partial charge in [0.1, 0.15) is 5.54 Å². The van der Waals surface area contributed by atoms with Gasteiger partial charge in [0.25, 0.3) is 5.91 Å². The summed E-state index contributed by atoms with van der Waals surface area (Å²) in [5.41, 5.74) is -0.386. The van der Waals surface area contributed by atoms with Crippen LogP contribution in [0, 0.1) is 0 Å². The molecule has 1 amide bonds. The highest BCUT2D eigenvalue weighted by atomic mass is 16.2. The van der Waals surface area contributed by atoms with Crippen molar-refractivity contribution in [2.45, 2.75) is 44.2 Å². The van der Waals surface area contributed by atoms with E-state index in [2.05, 4.69) is 27.4 Å². The van der Waals surface area contributed by atoms with Gasteiger partial charge in [0.2, 0.25) is 0 Å². The Balaban J connectivity index is 1.81. The Bertz CT molecular complexity index is 368. The molecule has 3 heterocycles. The van der Waals surface area contributed by atoms with Crippen molar-refractivity contribution >= 4 is 11.9 Å². The highest BCUT2D eigenvalue weighted by Gasteiger charge is 2.57. The molecule has 0 aliphatic carbocycles. The zero-order valence-corrected chi connectivity index (χ0v) is 10.3. The molecule has 0 aromatic heterocycles. The minimum absolute atomic E-state index is 0.127. The van der Waals surface area contributed by atoms with Crippen molar-refractivity contribution in [2.75, 3.05) is 19.6 Å². The molecule has 2 atom stereocenters. The molecule has 3 fully saturated rings. The summed E-state index contributed by atoms with van der Waals surface area (Å²) < 4.78 is 0. The van der Waals surface area contributed by atoms with Crippen molar-refractivity contribution in [3.63, 3.8) is 0 Å². The number of guanidine groups is 1. The van der Waals surface area contributed by atoms with E-state index < -0.39 is 0 Å². The van der Waals surface area contributed by atoms with E-state index in [9.17, 15) is 4.79 Å². The van der Waals surface area contributed by atoms with Crippen molar-refractivity contribution in [3.8, 4) is 0 Å². The van der Waals surface area contributed by atoms with Gasteiger partial charge in [-0.1, -0.05) is 6.92 Å². The topological polar surface area (TPSA) is 56.7 Å². The SMILES string of the molecule is CCCN=C1NC(=O)C2(CCN3CCCC32)N1. The number of hydrogen-bond donors (Lipinski definition) is 2. The fourth-order valence-electron chi connectivity index (χ4n) is 3.37. The maximum absolute atomic E-state index is 12.2. The van der Waals surface area contributed by atoms with Gasteiger partial charge in [-0.3, -0.25) is 20.0 Å². The second kappa shape index (κ2) is 3.98. The molecule has 2 N–H and O–H groups in total. The molecular formula is C12H20N4O. The summed E-state index contributed by atoms with van der Waals surface area (Å²) in [6.07, 6.45) is 4.25. The van der Waals surface area contributed by atoms with Gasteiger partial charge in [-0.15, -0.1) is 0 Å². The van der Waals surface area contributed by atoms with Crippen LogP contribution in [0.4, 0.5) is 0 Å². The molecule has 0 aromatic carbocycles. The minimum atomic E-state index is -0.386. The van der Waals surface area contributed by atoms with Gasteiger partial charge < -0.3 is 5.32 Å². The number of nitrogens with one attached hydrogen (secondary N) is 2. The molecule has 0 bridgehead atoms. The third-order valence-corrected chi connectivity index (χ3v) is 4.20. The quantitative estimate of drug-likeness (QED) is 0.714. The third-order valence-electron chi connectivity index (χ3n) is 4.20. The Morgan fingerprint density at radius 3 is 3.24 bits per heavy atom. The number of aliphatic imine (C=N–C) groups is 1. The lowest BCUT2D eigenvalue weighted by atomic mass is 9.89. The van der Waals surface area contributed by atoms with E-state index in [-0.39, 0.29) is 11.4 Å². The van der Waals surface area contributed by atoms with Crippen LogP contribution in [0.25, 0.3) is 0 Å². The van der Waals surface area contributed by atoms with Crippen molar-refractivity contribution in [3.05, 3.63) is 0 Å². The maximum atomic E-state index is 12.2. The van der Waals surface area contributed by atoms with Crippen molar-refractivity contribution in [1.82, 2.24) is 15.5 Å². The highest BCUT2D eigenvalue weighted by molar-refractivity contribution is 6.09. The van der Waals surface area contributed by atoms with Crippen LogP contribution < -0.4 is 10.6 Å². The van der Waals surface area contributed by atoms with Gasteiger partial charge in [0.15, 0.2) is 5.96 Å². The van der Waals surface area contributed by atoms with Crippen LogP contribution >= 0.6 is 0 Å². The number of hydrogen-bond acceptors (Lipinski definition) is 3. The fourth-order valence-corrected chi connectivity index (χ4v) is 3.37. The molecule has 3 rings (SSSR count). The molecule has 5 heteroatoms. The summed E-state index contributed by atoms with van der Waals surface area (Å²) in [7, 11) is 0. The molecule has 17 heavy (non-hydrogen) atoms. The standard InChI is InChI=1S/C12H20N4O/c1-2-6-13-11-14-10(17)12(15-11)5-8-16-7-3-4-9(12)16/h9H,2-8H2,1H3,(H2,13,14,15,17). The fraction of sp³-hybridized carbons (Fsp3) is 0.833. The Labute approximate surface area is 102 Å². The number of rotatable bonds is 2. The molecule has 0 radical (unpaired) electrons. The second-order valence-electron chi connectivity index (χ2n) is 5.22. The minimum Gasteiger partial charge on any atom is -0.340 e. The first-order valence-electron chi connectivity index (χ1n) is 6.64. The van der Waals surface area contributed by atoms with Crippen LogP contribution in [0.2, 0.25) is 0 Å². The van der Waals surface area contributed by atoms with Crippen LogP contribution in [0.1, 0.15) is 32.6 Å². The first-order valence-corrected chi connectivity index (χ1v) is 6.64. The molecule has 5 nitrogen and oxygen atoms in total. The Morgan fingerprint density at radius 1 is 1.53 bits per heavy atom. The van der Waals surface area contributed by atoms with Gasteiger partial charge in [-0.2, -0.15) is 0 Å². The van der Waals surface area contributed by atoms with Crippen LogP contribution in [-0.4, -0.2) is 48.0 Å². The number of fused-ring (bicyclic) bond motifs is 2. The zero-order chi connectivity index (χ0) is 11.9. The van der Waals surface area contributed by atoms with E-state index in [1.54, 1.807) is 0 Å². The average Bonchev–Trinajstić information content (AvgIpc) is 2.96. The largest absolute Gasteiger partial charge is 0.340 e. The number of carbonyl (C=O) groups is 1. The normalized spacial score (nSPS) is 38.8. The molecular weight excluding hydrogens is 216 g/mol.